The number of aliphatic hydroxyl groups is 1. The normalized spacial score (nSPS) is 9.36. The number of hydrogen-bond acceptors (Lipinski definition) is 11. The third-order valence-electron chi connectivity index (χ3n) is 6.55. The van der Waals surface area contributed by atoms with Crippen molar-refractivity contribution >= 4 is 76.8 Å². The van der Waals surface area contributed by atoms with Gasteiger partial charge in [-0.25, -0.2) is 0 Å². The van der Waals surface area contributed by atoms with Crippen molar-refractivity contribution in [2.75, 3.05) is 49.9 Å². The van der Waals surface area contributed by atoms with Crippen molar-refractivity contribution < 1.29 is 52.3 Å². The Labute approximate surface area is 374 Å². The van der Waals surface area contributed by atoms with Gasteiger partial charge < -0.3 is 19.3 Å². The Bertz CT molecular complexity index is 1460. The van der Waals surface area contributed by atoms with E-state index >= 15 is 0 Å². The van der Waals surface area contributed by atoms with Gasteiger partial charge in [0.1, 0.15) is 23.9 Å². The molecule has 0 amide bonds. The fourth-order valence-corrected chi connectivity index (χ4v) is 5.68. The number of thioether (sulfide) groups is 2. The first-order chi connectivity index (χ1) is 26.6. The molecule has 3 rings (SSSR count). The molecule has 0 heterocycles. The molecule has 0 fully saturated rings. The predicted molar refractivity (Wildman–Crippen MR) is 248 cm³/mol. The predicted octanol–water partition coefficient (Wildman–Crippen LogP) is 10.2. The summed E-state index contributed by atoms with van der Waals surface area (Å²) in [4.78, 5) is 31.0. The number of ether oxygens (including phenoxy) is 3. The molecule has 0 saturated carbocycles. The monoisotopic (exact) mass is 901 g/mol. The Hall–Kier alpha value is -2.16. The molecule has 1 N–H and O–H groups in total. The summed E-state index contributed by atoms with van der Waals surface area (Å²) in [5.74, 6) is 6.29. The van der Waals surface area contributed by atoms with Gasteiger partial charge in [0.15, 0.2) is 15.3 Å². The Morgan fingerprint density at radius 3 is 1.45 bits per heavy atom. The molecule has 0 aliphatic heterocycles. The van der Waals surface area contributed by atoms with Crippen LogP contribution in [0.25, 0.3) is 0 Å². The third kappa shape index (κ3) is 35.0. The molecule has 13 heteroatoms. The van der Waals surface area contributed by atoms with Gasteiger partial charge in [-0.3, -0.25) is 14.4 Å². The number of carbonyl (C=O) groups excluding carboxylic acids is 3. The molecule has 0 saturated heterocycles. The van der Waals surface area contributed by atoms with Gasteiger partial charge in [-0.05, 0) is 91.3 Å². The van der Waals surface area contributed by atoms with Gasteiger partial charge in [0.05, 0.1) is 13.2 Å². The smallest absolute Gasteiger partial charge is 0.185 e. The van der Waals surface area contributed by atoms with Gasteiger partial charge in [0.25, 0.3) is 0 Å². The molecule has 0 unspecified atom stereocenters. The van der Waals surface area contributed by atoms with Gasteiger partial charge in [-0.15, -0.1) is 19.2 Å². The van der Waals surface area contributed by atoms with Crippen LogP contribution in [0.1, 0.15) is 63.1 Å². The fourth-order valence-electron chi connectivity index (χ4n) is 4.27. The molecule has 0 atom stereocenters. The topological polar surface area (TPSA) is 99.1 Å². The summed E-state index contributed by atoms with van der Waals surface area (Å²) < 4.78 is 17.0. The first kappa shape index (κ1) is 58.2. The fraction of sp³-hybridized carbons (Fsp3) is 0.419. The molecule has 0 aliphatic carbocycles. The Kier molecular flexibility index (Phi) is 44.1. The van der Waals surface area contributed by atoms with Gasteiger partial charge >= 0.3 is 0 Å². The number of allylic oxidation sites excluding steroid dienone is 1. The second kappa shape index (κ2) is 42.5. The molecule has 7 nitrogen and oxygen atoms in total. The van der Waals surface area contributed by atoms with E-state index in [0.717, 1.165) is 98.9 Å². The molecule has 0 spiro atoms. The zero-order valence-electron chi connectivity index (χ0n) is 33.4. The van der Waals surface area contributed by atoms with Crippen LogP contribution in [0, 0.1) is 0 Å². The third-order valence-corrected chi connectivity index (χ3v) is 8.98. The summed E-state index contributed by atoms with van der Waals surface area (Å²) in [5, 5.41) is 7.18. The number of carbonyl (C=O) groups is 3. The largest absolute Gasteiger partial charge is 0.493 e. The van der Waals surface area contributed by atoms with Gasteiger partial charge in [0, 0.05) is 57.9 Å². The van der Waals surface area contributed by atoms with Crippen LogP contribution in [-0.4, -0.2) is 70.4 Å². The van der Waals surface area contributed by atoms with Crippen LogP contribution in [0.2, 0.25) is 0 Å². The Morgan fingerprint density at radius 1 is 0.625 bits per heavy atom. The van der Waals surface area contributed by atoms with E-state index in [1.165, 1.54) is 47.1 Å². The number of para-hydroxylation sites is 3. The molecular weight excluding hydrogens is 840 g/mol. The van der Waals surface area contributed by atoms with E-state index in [-0.39, 0.29) is 33.9 Å². The van der Waals surface area contributed by atoms with Crippen molar-refractivity contribution in [1.82, 2.24) is 0 Å². The number of aryl methyl sites for hydroxylation is 2. The summed E-state index contributed by atoms with van der Waals surface area (Å²) in [6.07, 6.45) is 10.3. The van der Waals surface area contributed by atoms with Crippen LogP contribution < -0.4 is 14.2 Å². The maximum atomic E-state index is 10.9. The van der Waals surface area contributed by atoms with Crippen molar-refractivity contribution in [2.24, 2.45) is 0 Å². The van der Waals surface area contributed by atoms with Crippen LogP contribution in [0.5, 0.6) is 17.2 Å². The van der Waals surface area contributed by atoms with Crippen LogP contribution in [-0.2, 0) is 52.2 Å². The summed E-state index contributed by atoms with van der Waals surface area (Å²) >= 11 is 14.4. The minimum Gasteiger partial charge on any atom is -0.493 e. The quantitative estimate of drug-likeness (QED) is 0.0473. The zero-order valence-corrected chi connectivity index (χ0v) is 39.1. The summed E-state index contributed by atoms with van der Waals surface area (Å²) in [6.45, 7) is 13.8. The Balaban J connectivity index is -0.000000713. The average molecular weight is 902 g/mol. The summed E-state index contributed by atoms with van der Waals surface area (Å²) in [7, 11) is 1.00. The molecule has 56 heavy (non-hydrogen) atoms. The molecule has 311 valence electrons. The standard InChI is InChI=1S/C16H22O3S2.C12H18OS2.C12H14O.C2H4OS.CH4O.V/c1-13(17)20-11-5-8-15-7-3-4-9-16(15)19-10-6-12-21-14(2)18;14-9-3-6-11-5-1-2-7-12(11)13-8-4-10-15;1-3-7-11-8-5-6-9-12(11)13-10-4-2;1-2(3)4;1-2;/h3-4,7,9H,5-6,8,10-12H2,1-2H3;1-2,5,7,14-15H,3-4,6,8-10H2;3-6,8-9H,1-2,7,10H2;1H3,(H,3,4);2H,1H3;. The molecule has 3 aromatic carbocycles. The van der Waals surface area contributed by atoms with E-state index in [2.05, 4.69) is 69.2 Å². The van der Waals surface area contributed by atoms with E-state index in [0.29, 0.717) is 13.2 Å². The van der Waals surface area contributed by atoms with E-state index in [1.54, 1.807) is 19.9 Å². The maximum Gasteiger partial charge on any atom is 0.185 e. The first-order valence-electron chi connectivity index (χ1n) is 18.1. The zero-order chi connectivity index (χ0) is 41.5. The van der Waals surface area contributed by atoms with Crippen LogP contribution in [0.3, 0.4) is 0 Å². The SMILES string of the molecule is C=CCOc1ccccc1CC=C.CC(=O)S.CC(=O)SCCCOc1ccccc1CCCSC(C)=O.CO.SCCCOc1ccccc1CCCS.[V]. The first-order valence-corrected chi connectivity index (χ1v) is 21.7. The summed E-state index contributed by atoms with van der Waals surface area (Å²) in [6, 6.07) is 24.2. The van der Waals surface area contributed by atoms with Gasteiger partial charge in [0.2, 0.25) is 0 Å². The number of thiol groups is 3. The average Bonchev–Trinajstić information content (AvgIpc) is 3.17. The number of aliphatic hydroxyl groups excluding tert-OH is 1. The van der Waals surface area contributed by atoms with Crippen molar-refractivity contribution in [3.05, 3.63) is 115 Å². The maximum absolute atomic E-state index is 10.9. The van der Waals surface area contributed by atoms with Crippen LogP contribution in [0.15, 0.2) is 98.1 Å². The summed E-state index contributed by atoms with van der Waals surface area (Å²) in [5.41, 5.74) is 3.63. The minimum atomic E-state index is -0.139. The molecular formula is C43H62O7S5V. The van der Waals surface area contributed by atoms with Crippen LogP contribution >= 0.6 is 61.4 Å². The Morgan fingerprint density at radius 2 is 1.02 bits per heavy atom. The van der Waals surface area contributed by atoms with E-state index in [4.69, 9.17) is 19.3 Å². The molecule has 0 aromatic heterocycles. The van der Waals surface area contributed by atoms with Gasteiger partial charge in [-0.1, -0.05) is 96.9 Å². The molecule has 0 bridgehead atoms. The van der Waals surface area contributed by atoms with Crippen LogP contribution in [0.4, 0.5) is 0 Å². The van der Waals surface area contributed by atoms with Crippen molar-refractivity contribution in [3.8, 4) is 17.2 Å². The minimum absolute atomic E-state index is 0. The molecule has 0 aliphatic rings. The number of rotatable bonds is 21. The van der Waals surface area contributed by atoms with E-state index in [1.807, 2.05) is 60.7 Å². The molecule has 3 aromatic rings. The van der Waals surface area contributed by atoms with E-state index in [9.17, 15) is 14.4 Å². The second-order valence-corrected chi connectivity index (χ2v) is 15.2. The molecule has 1 radical (unpaired) electrons. The van der Waals surface area contributed by atoms with Crippen molar-refractivity contribution in [1.29, 1.82) is 0 Å². The number of hydrogen-bond donors (Lipinski definition) is 4. The van der Waals surface area contributed by atoms with Gasteiger partial charge in [-0.2, -0.15) is 25.3 Å². The van der Waals surface area contributed by atoms with Crippen molar-refractivity contribution in [2.45, 2.75) is 65.7 Å². The van der Waals surface area contributed by atoms with E-state index < -0.39 is 0 Å². The van der Waals surface area contributed by atoms with Crippen molar-refractivity contribution in [3.63, 3.8) is 0 Å². The second-order valence-electron chi connectivity index (χ2n) is 11.2. The number of benzene rings is 3.